The smallest absolute Gasteiger partial charge is 0.148 e. The summed E-state index contributed by atoms with van der Waals surface area (Å²) in [6.07, 6.45) is 2.73. The molecular weight excluding hydrogens is 281 g/mol. The summed E-state index contributed by atoms with van der Waals surface area (Å²) in [5.74, 6) is 0.602. The minimum absolute atomic E-state index is 0.359. The molecule has 1 aromatic heterocycles. The van der Waals surface area contributed by atoms with Crippen molar-refractivity contribution in [2.45, 2.75) is 25.9 Å². The highest BCUT2D eigenvalue weighted by molar-refractivity contribution is 9.10. The maximum Gasteiger partial charge on any atom is 0.148 e. The zero-order chi connectivity index (χ0) is 11.3. The molecule has 6 heteroatoms. The Kier molecular flexibility index (Phi) is 5.28. The van der Waals surface area contributed by atoms with E-state index in [1.54, 1.807) is 0 Å². The molecule has 0 spiro atoms. The normalized spacial score (nSPS) is 12.5. The van der Waals surface area contributed by atoms with Gasteiger partial charge < -0.3 is 10.4 Å². The molecule has 1 aromatic rings. The molecule has 0 aromatic carbocycles. The molecule has 0 radical (unpaired) electrons. The van der Waals surface area contributed by atoms with Crippen molar-refractivity contribution in [3.05, 3.63) is 16.0 Å². The molecule has 0 saturated carbocycles. The molecule has 0 bridgehead atoms. The lowest BCUT2D eigenvalue weighted by molar-refractivity contribution is 0.176. The summed E-state index contributed by atoms with van der Waals surface area (Å²) < 4.78 is 0.621. The predicted molar refractivity (Wildman–Crippen MR) is 64.1 cm³/mol. The van der Waals surface area contributed by atoms with Crippen LogP contribution in [0.3, 0.4) is 0 Å². The number of aliphatic hydroxyl groups is 1. The molecule has 0 aliphatic heterocycles. The molecule has 0 fully saturated rings. The van der Waals surface area contributed by atoms with E-state index in [4.69, 9.17) is 11.6 Å². The van der Waals surface area contributed by atoms with Crippen LogP contribution in [-0.2, 0) is 0 Å². The van der Waals surface area contributed by atoms with Gasteiger partial charge in [-0.3, -0.25) is 0 Å². The Bertz CT molecular complexity index is 324. The van der Waals surface area contributed by atoms with Crippen LogP contribution in [0.4, 0.5) is 5.82 Å². The minimum Gasteiger partial charge on any atom is -0.391 e. The number of hydrogen-bond donors (Lipinski definition) is 2. The van der Waals surface area contributed by atoms with Gasteiger partial charge in [0.05, 0.1) is 10.6 Å². The molecule has 1 unspecified atom stereocenters. The Hall–Kier alpha value is -0.390. The van der Waals surface area contributed by atoms with Gasteiger partial charge in [-0.1, -0.05) is 24.9 Å². The van der Waals surface area contributed by atoms with E-state index >= 15 is 0 Å². The number of hydrogen-bond acceptors (Lipinski definition) is 4. The van der Waals surface area contributed by atoms with Crippen LogP contribution in [0.5, 0.6) is 0 Å². The SMILES string of the molecule is CCCC(O)CNc1ncnc(Cl)c1Br. The minimum atomic E-state index is -0.365. The largest absolute Gasteiger partial charge is 0.391 e. The Morgan fingerprint density at radius 3 is 3.00 bits per heavy atom. The molecule has 0 saturated heterocycles. The van der Waals surface area contributed by atoms with Crippen LogP contribution < -0.4 is 5.32 Å². The molecule has 0 aliphatic rings. The van der Waals surface area contributed by atoms with Gasteiger partial charge in [0.1, 0.15) is 17.3 Å². The number of nitrogens with zero attached hydrogens (tertiary/aromatic N) is 2. The van der Waals surface area contributed by atoms with E-state index in [1.165, 1.54) is 6.33 Å². The Balaban J connectivity index is 2.54. The van der Waals surface area contributed by atoms with Crippen molar-refractivity contribution in [3.8, 4) is 0 Å². The standard InChI is InChI=1S/C9H13BrClN3O/c1-2-3-6(15)4-12-9-7(10)8(11)13-5-14-9/h5-6,15H,2-4H2,1H3,(H,12,13,14). The van der Waals surface area contributed by atoms with Crippen molar-refractivity contribution in [1.29, 1.82) is 0 Å². The van der Waals surface area contributed by atoms with Crippen molar-refractivity contribution in [2.24, 2.45) is 0 Å². The molecular formula is C9H13BrClN3O. The molecule has 0 aliphatic carbocycles. The third kappa shape index (κ3) is 3.93. The van der Waals surface area contributed by atoms with E-state index in [0.29, 0.717) is 22.0 Å². The Morgan fingerprint density at radius 1 is 1.60 bits per heavy atom. The highest BCUT2D eigenvalue weighted by Gasteiger charge is 2.08. The van der Waals surface area contributed by atoms with Gasteiger partial charge in [0.15, 0.2) is 0 Å². The number of anilines is 1. The third-order valence-electron chi connectivity index (χ3n) is 1.87. The van der Waals surface area contributed by atoms with Gasteiger partial charge in [0, 0.05) is 6.54 Å². The molecule has 1 rings (SSSR count). The summed E-state index contributed by atoms with van der Waals surface area (Å²) in [4.78, 5) is 7.81. The monoisotopic (exact) mass is 293 g/mol. The maximum absolute atomic E-state index is 9.52. The van der Waals surface area contributed by atoms with Gasteiger partial charge >= 0.3 is 0 Å². The lowest BCUT2D eigenvalue weighted by Crippen LogP contribution is -2.19. The van der Waals surface area contributed by atoms with Crippen molar-refractivity contribution >= 4 is 33.3 Å². The van der Waals surface area contributed by atoms with Gasteiger partial charge in [-0.25, -0.2) is 9.97 Å². The zero-order valence-corrected chi connectivity index (χ0v) is 10.7. The van der Waals surface area contributed by atoms with Gasteiger partial charge in [-0.05, 0) is 22.4 Å². The highest BCUT2D eigenvalue weighted by Crippen LogP contribution is 2.25. The number of rotatable bonds is 5. The van der Waals surface area contributed by atoms with Crippen LogP contribution in [0.2, 0.25) is 5.15 Å². The number of aliphatic hydroxyl groups excluding tert-OH is 1. The lowest BCUT2D eigenvalue weighted by Gasteiger charge is -2.12. The molecule has 1 heterocycles. The first kappa shape index (κ1) is 12.7. The lowest BCUT2D eigenvalue weighted by atomic mass is 10.2. The van der Waals surface area contributed by atoms with Crippen LogP contribution in [0, 0.1) is 0 Å². The first-order chi connectivity index (χ1) is 7.15. The molecule has 15 heavy (non-hydrogen) atoms. The van der Waals surface area contributed by atoms with E-state index in [0.717, 1.165) is 12.8 Å². The molecule has 84 valence electrons. The average Bonchev–Trinajstić information content (AvgIpc) is 2.21. The molecule has 1 atom stereocenters. The fraction of sp³-hybridized carbons (Fsp3) is 0.556. The summed E-state index contributed by atoms with van der Waals surface area (Å²) >= 11 is 9.06. The topological polar surface area (TPSA) is 58.0 Å². The van der Waals surface area contributed by atoms with Crippen LogP contribution >= 0.6 is 27.5 Å². The number of halogens is 2. The van der Waals surface area contributed by atoms with Crippen molar-refractivity contribution in [3.63, 3.8) is 0 Å². The van der Waals surface area contributed by atoms with E-state index in [9.17, 15) is 5.11 Å². The van der Waals surface area contributed by atoms with Gasteiger partial charge in [0.2, 0.25) is 0 Å². The first-order valence-corrected chi connectivity index (χ1v) is 5.90. The molecule has 2 N–H and O–H groups in total. The van der Waals surface area contributed by atoms with E-state index < -0.39 is 0 Å². The second-order valence-electron chi connectivity index (χ2n) is 3.15. The Labute approximate surface area is 102 Å². The summed E-state index contributed by atoms with van der Waals surface area (Å²) in [5, 5.41) is 12.9. The second kappa shape index (κ2) is 6.25. The quantitative estimate of drug-likeness (QED) is 0.819. The van der Waals surface area contributed by atoms with Gasteiger partial charge in [0.25, 0.3) is 0 Å². The first-order valence-electron chi connectivity index (χ1n) is 4.73. The summed E-state index contributed by atoms with van der Waals surface area (Å²) in [5.41, 5.74) is 0. The third-order valence-corrected chi connectivity index (χ3v) is 3.14. The number of nitrogens with one attached hydrogen (secondary N) is 1. The van der Waals surface area contributed by atoms with E-state index in [1.807, 2.05) is 6.92 Å². The maximum atomic E-state index is 9.52. The van der Waals surface area contributed by atoms with Crippen LogP contribution in [0.25, 0.3) is 0 Å². The van der Waals surface area contributed by atoms with Crippen LogP contribution in [0.1, 0.15) is 19.8 Å². The van der Waals surface area contributed by atoms with Crippen LogP contribution in [-0.4, -0.2) is 27.7 Å². The summed E-state index contributed by atoms with van der Waals surface area (Å²) in [7, 11) is 0. The highest BCUT2D eigenvalue weighted by atomic mass is 79.9. The number of aromatic nitrogens is 2. The van der Waals surface area contributed by atoms with Crippen molar-refractivity contribution in [2.75, 3.05) is 11.9 Å². The van der Waals surface area contributed by atoms with E-state index in [-0.39, 0.29) is 6.10 Å². The predicted octanol–water partition coefficient (Wildman–Crippen LogP) is 2.47. The van der Waals surface area contributed by atoms with Crippen LogP contribution in [0.15, 0.2) is 10.8 Å². The van der Waals surface area contributed by atoms with Gasteiger partial charge in [-0.15, -0.1) is 0 Å². The summed E-state index contributed by atoms with van der Waals surface area (Å²) in [6, 6.07) is 0. The van der Waals surface area contributed by atoms with Gasteiger partial charge in [-0.2, -0.15) is 0 Å². The zero-order valence-electron chi connectivity index (χ0n) is 8.37. The Morgan fingerprint density at radius 2 is 2.33 bits per heavy atom. The fourth-order valence-electron chi connectivity index (χ4n) is 1.12. The summed E-state index contributed by atoms with van der Waals surface area (Å²) in [6.45, 7) is 2.49. The average molecular weight is 295 g/mol. The van der Waals surface area contributed by atoms with Crippen molar-refractivity contribution < 1.29 is 5.11 Å². The fourth-order valence-corrected chi connectivity index (χ4v) is 1.60. The molecule has 4 nitrogen and oxygen atoms in total. The van der Waals surface area contributed by atoms with E-state index in [2.05, 4.69) is 31.2 Å². The second-order valence-corrected chi connectivity index (χ2v) is 4.30. The van der Waals surface area contributed by atoms with Crippen molar-refractivity contribution in [1.82, 2.24) is 9.97 Å². The molecule has 0 amide bonds.